The van der Waals surface area contributed by atoms with E-state index in [-0.39, 0.29) is 38.8 Å². The van der Waals surface area contributed by atoms with Gasteiger partial charge in [-0.1, -0.05) is 0 Å². The van der Waals surface area contributed by atoms with Crippen LogP contribution < -0.4 is 21.3 Å². The van der Waals surface area contributed by atoms with Gasteiger partial charge in [-0.15, -0.1) is 0 Å². The Morgan fingerprint density at radius 3 is 1.34 bits per heavy atom. The van der Waals surface area contributed by atoms with Crippen LogP contribution in [0.2, 0.25) is 0 Å². The molecule has 0 aliphatic rings. The normalized spacial score (nSPS) is 13.4. The number of rotatable bonds is 12. The van der Waals surface area contributed by atoms with Crippen molar-refractivity contribution < 1.29 is 43.3 Å². The number of nitrogens with one attached hydrogen (secondary N) is 4. The van der Waals surface area contributed by atoms with Crippen LogP contribution in [0, 0.1) is 0 Å². The van der Waals surface area contributed by atoms with Crippen LogP contribution in [0.4, 0.5) is 14.4 Å². The van der Waals surface area contributed by atoms with Gasteiger partial charge >= 0.3 is 24.2 Å². The molecule has 0 bridgehead atoms. The summed E-state index contributed by atoms with van der Waals surface area (Å²) in [7, 11) is 0. The highest BCUT2D eigenvalue weighted by Gasteiger charge is 2.28. The van der Waals surface area contributed by atoms with Crippen molar-refractivity contribution in [2.45, 2.75) is 117 Å². The van der Waals surface area contributed by atoms with Gasteiger partial charge in [0.15, 0.2) is 0 Å². The summed E-state index contributed by atoms with van der Waals surface area (Å²) in [6.45, 7) is 15.6. The minimum Gasteiger partial charge on any atom is -0.480 e. The molecule has 0 radical (unpaired) electrons. The lowest BCUT2D eigenvalue weighted by atomic mass is 10.1. The molecule has 0 aromatic carbocycles. The van der Waals surface area contributed by atoms with Crippen molar-refractivity contribution in [1.82, 2.24) is 21.3 Å². The highest BCUT2D eigenvalue weighted by Crippen LogP contribution is 2.10. The molecule has 0 saturated heterocycles. The molecule has 0 aliphatic heterocycles. The maximum Gasteiger partial charge on any atom is 0.408 e. The Bertz CT molecular complexity index is 811. The number of aliphatic carboxylic acids is 1. The first kappa shape index (κ1) is 34.8. The van der Waals surface area contributed by atoms with E-state index in [9.17, 15) is 29.1 Å². The fraction of sp³-hybridized carbons (Fsp3) is 0.800. The van der Waals surface area contributed by atoms with Gasteiger partial charge in [0.1, 0.15) is 28.9 Å². The van der Waals surface area contributed by atoms with Crippen molar-refractivity contribution in [3.63, 3.8) is 0 Å². The summed E-state index contributed by atoms with van der Waals surface area (Å²) in [6.07, 6.45) is -1.44. The Kier molecular flexibility index (Phi) is 13.9. The Morgan fingerprint density at radius 1 is 0.605 bits per heavy atom. The van der Waals surface area contributed by atoms with Crippen LogP contribution in [0.25, 0.3) is 0 Å². The molecule has 2 unspecified atom stereocenters. The van der Waals surface area contributed by atoms with Gasteiger partial charge in [0.2, 0.25) is 5.91 Å². The zero-order valence-electron chi connectivity index (χ0n) is 24.1. The van der Waals surface area contributed by atoms with Crippen LogP contribution in [0.3, 0.4) is 0 Å². The SMILES string of the molecule is CC(C)(C)OC(=O)NCCCC(NC(=O)C(CCCNC(=O)OC(C)(C)C)NC(=O)OC(C)(C)C)C(=O)O. The average molecular weight is 547 g/mol. The second-order valence-electron chi connectivity index (χ2n) is 11.7. The molecule has 0 aromatic heterocycles. The minimum absolute atomic E-state index is 0.0240. The number of carboxylic acid groups (broad SMARTS) is 1. The molecule has 0 aliphatic carbocycles. The van der Waals surface area contributed by atoms with Crippen LogP contribution >= 0.6 is 0 Å². The molecule has 0 rings (SSSR count). The van der Waals surface area contributed by atoms with E-state index in [0.29, 0.717) is 0 Å². The summed E-state index contributed by atoms with van der Waals surface area (Å²) in [5.74, 6) is -1.99. The van der Waals surface area contributed by atoms with Gasteiger partial charge in [0.05, 0.1) is 0 Å². The molecule has 0 aromatic rings. The predicted octanol–water partition coefficient (Wildman–Crippen LogP) is 3.06. The molecule has 2 atom stereocenters. The van der Waals surface area contributed by atoms with Gasteiger partial charge in [-0.25, -0.2) is 19.2 Å². The van der Waals surface area contributed by atoms with E-state index in [2.05, 4.69) is 21.3 Å². The average Bonchev–Trinajstić information content (AvgIpc) is 2.68. The van der Waals surface area contributed by atoms with E-state index < -0.39 is 59.0 Å². The van der Waals surface area contributed by atoms with E-state index in [0.717, 1.165) is 0 Å². The molecule has 4 amide bonds. The lowest BCUT2D eigenvalue weighted by Gasteiger charge is -2.25. The molecule has 0 heterocycles. The number of ether oxygens (including phenoxy) is 3. The standard InChI is InChI=1S/C25H46N4O9/c1-23(2,3)36-20(33)26-14-10-12-16(29-22(35)38-25(7,8)9)18(30)28-17(19(31)32)13-11-15-27-21(34)37-24(4,5)6/h16-17H,10-15H2,1-9H3,(H,26,33)(H,27,34)(H,28,30)(H,29,35)(H,31,32). The first-order valence-electron chi connectivity index (χ1n) is 12.6. The number of amides is 4. The quantitative estimate of drug-likeness (QED) is 0.181. The fourth-order valence-electron chi connectivity index (χ4n) is 2.87. The lowest BCUT2D eigenvalue weighted by molar-refractivity contribution is -0.142. The third-order valence-corrected chi connectivity index (χ3v) is 4.30. The number of hydrogen-bond donors (Lipinski definition) is 5. The highest BCUT2D eigenvalue weighted by atomic mass is 16.6. The largest absolute Gasteiger partial charge is 0.480 e. The van der Waals surface area contributed by atoms with Gasteiger partial charge in [-0.3, -0.25) is 4.79 Å². The van der Waals surface area contributed by atoms with Crippen molar-refractivity contribution in [3.05, 3.63) is 0 Å². The first-order chi connectivity index (χ1) is 17.2. The summed E-state index contributed by atoms with van der Waals surface area (Å²) in [4.78, 5) is 60.5. The van der Waals surface area contributed by atoms with Crippen LogP contribution in [0.1, 0.15) is 88.0 Å². The van der Waals surface area contributed by atoms with Crippen molar-refractivity contribution >= 4 is 30.2 Å². The number of carbonyl (C=O) groups is 5. The fourth-order valence-corrected chi connectivity index (χ4v) is 2.87. The highest BCUT2D eigenvalue weighted by molar-refractivity contribution is 5.89. The molecule has 0 spiro atoms. The van der Waals surface area contributed by atoms with E-state index in [4.69, 9.17) is 14.2 Å². The van der Waals surface area contributed by atoms with Crippen molar-refractivity contribution in [1.29, 1.82) is 0 Å². The maximum atomic E-state index is 12.9. The topological polar surface area (TPSA) is 181 Å². The summed E-state index contributed by atoms with van der Waals surface area (Å²) >= 11 is 0. The molecule has 220 valence electrons. The number of alkyl carbamates (subject to hydrolysis) is 3. The van der Waals surface area contributed by atoms with Crippen LogP contribution in [-0.2, 0) is 23.8 Å². The monoisotopic (exact) mass is 546 g/mol. The Balaban J connectivity index is 5.05. The van der Waals surface area contributed by atoms with Gasteiger partial charge < -0.3 is 40.6 Å². The molecule has 0 fully saturated rings. The van der Waals surface area contributed by atoms with E-state index >= 15 is 0 Å². The third kappa shape index (κ3) is 18.9. The number of carboxylic acids is 1. The van der Waals surface area contributed by atoms with E-state index in [1.54, 1.807) is 62.3 Å². The Morgan fingerprint density at radius 2 is 0.974 bits per heavy atom. The number of carbonyl (C=O) groups excluding carboxylic acids is 4. The Labute approximate surface area is 225 Å². The predicted molar refractivity (Wildman–Crippen MR) is 140 cm³/mol. The van der Waals surface area contributed by atoms with Crippen molar-refractivity contribution in [2.24, 2.45) is 0 Å². The lowest BCUT2D eigenvalue weighted by Crippen LogP contribution is -2.52. The molecule has 38 heavy (non-hydrogen) atoms. The zero-order valence-corrected chi connectivity index (χ0v) is 24.1. The molecule has 0 saturated carbocycles. The van der Waals surface area contributed by atoms with Crippen LogP contribution in [0.5, 0.6) is 0 Å². The van der Waals surface area contributed by atoms with Crippen LogP contribution in [0.15, 0.2) is 0 Å². The zero-order chi connectivity index (χ0) is 29.7. The van der Waals surface area contributed by atoms with E-state index in [1.165, 1.54) is 0 Å². The molecule has 5 N–H and O–H groups in total. The van der Waals surface area contributed by atoms with Crippen molar-refractivity contribution in [2.75, 3.05) is 13.1 Å². The second-order valence-corrected chi connectivity index (χ2v) is 11.7. The van der Waals surface area contributed by atoms with Crippen molar-refractivity contribution in [3.8, 4) is 0 Å². The number of hydrogen-bond acceptors (Lipinski definition) is 8. The van der Waals surface area contributed by atoms with E-state index in [1.807, 2.05) is 0 Å². The summed E-state index contributed by atoms with van der Waals surface area (Å²) in [6, 6.07) is -2.38. The first-order valence-corrected chi connectivity index (χ1v) is 12.6. The smallest absolute Gasteiger partial charge is 0.408 e. The molecular formula is C25H46N4O9. The summed E-state index contributed by atoms with van der Waals surface area (Å²) in [5.41, 5.74) is -2.15. The van der Waals surface area contributed by atoms with Gasteiger partial charge in [-0.2, -0.15) is 0 Å². The third-order valence-electron chi connectivity index (χ3n) is 4.30. The molecular weight excluding hydrogens is 500 g/mol. The summed E-state index contributed by atoms with van der Waals surface area (Å²) in [5, 5.41) is 19.6. The minimum atomic E-state index is -1.27. The van der Waals surface area contributed by atoms with Gasteiger partial charge in [0.25, 0.3) is 0 Å². The summed E-state index contributed by atoms with van der Waals surface area (Å²) < 4.78 is 15.5. The molecule has 13 heteroatoms. The van der Waals surface area contributed by atoms with Crippen LogP contribution in [-0.4, -0.2) is 77.2 Å². The second kappa shape index (κ2) is 15.2. The maximum absolute atomic E-state index is 12.9. The Hall–Kier alpha value is -3.25. The van der Waals surface area contributed by atoms with Gasteiger partial charge in [-0.05, 0) is 88.0 Å². The van der Waals surface area contributed by atoms with Gasteiger partial charge in [0, 0.05) is 13.1 Å². The molecule has 13 nitrogen and oxygen atoms in total.